The van der Waals surface area contributed by atoms with Crippen LogP contribution in [0.15, 0.2) is 12.3 Å². The second-order valence-electron chi connectivity index (χ2n) is 3.41. The molecular formula is C10H15ClN4O. The van der Waals surface area contributed by atoms with Gasteiger partial charge in [-0.1, -0.05) is 18.5 Å². The smallest absolute Gasteiger partial charge is 0.230 e. The van der Waals surface area contributed by atoms with E-state index >= 15 is 0 Å². The minimum Gasteiger partial charge on any atom is -0.314 e. The third-order valence-corrected chi connectivity index (χ3v) is 2.13. The van der Waals surface area contributed by atoms with Crippen molar-refractivity contribution in [2.45, 2.75) is 26.3 Å². The van der Waals surface area contributed by atoms with Crippen LogP contribution in [0.5, 0.6) is 0 Å². The molecule has 0 fully saturated rings. The lowest BCUT2D eigenvalue weighted by molar-refractivity contribution is -0.116. The molecule has 0 saturated carbocycles. The van der Waals surface area contributed by atoms with E-state index in [1.54, 1.807) is 6.07 Å². The molecule has 88 valence electrons. The van der Waals surface area contributed by atoms with Crippen molar-refractivity contribution in [1.29, 1.82) is 0 Å². The van der Waals surface area contributed by atoms with Gasteiger partial charge in [-0.2, -0.15) is 0 Å². The molecule has 1 atom stereocenters. The molecule has 0 bridgehead atoms. The molecule has 1 rings (SSSR count). The van der Waals surface area contributed by atoms with Gasteiger partial charge in [0.1, 0.15) is 5.15 Å². The SMILES string of the molecule is CCNC(C)CC(=O)Nc1nccc(Cl)n1. The Balaban J connectivity index is 2.45. The molecule has 2 N–H and O–H groups in total. The summed E-state index contributed by atoms with van der Waals surface area (Å²) in [7, 11) is 0. The van der Waals surface area contributed by atoms with E-state index < -0.39 is 0 Å². The highest BCUT2D eigenvalue weighted by Gasteiger charge is 2.09. The number of hydrogen-bond acceptors (Lipinski definition) is 4. The van der Waals surface area contributed by atoms with Crippen LogP contribution in [-0.2, 0) is 4.79 Å². The van der Waals surface area contributed by atoms with Gasteiger partial charge in [-0.15, -0.1) is 0 Å². The molecule has 1 amide bonds. The van der Waals surface area contributed by atoms with Crippen molar-refractivity contribution in [2.75, 3.05) is 11.9 Å². The standard InChI is InChI=1S/C10H15ClN4O/c1-3-12-7(2)6-9(16)15-10-13-5-4-8(11)14-10/h4-5,7,12H,3,6H2,1-2H3,(H,13,14,15,16). The van der Waals surface area contributed by atoms with Gasteiger partial charge in [0.15, 0.2) is 0 Å². The Morgan fingerprint density at radius 2 is 2.38 bits per heavy atom. The van der Waals surface area contributed by atoms with E-state index in [1.165, 1.54) is 6.20 Å². The van der Waals surface area contributed by atoms with Gasteiger partial charge < -0.3 is 5.32 Å². The number of carbonyl (C=O) groups excluding carboxylic acids is 1. The van der Waals surface area contributed by atoms with Gasteiger partial charge in [0.2, 0.25) is 11.9 Å². The van der Waals surface area contributed by atoms with Crippen molar-refractivity contribution in [3.63, 3.8) is 0 Å². The summed E-state index contributed by atoms with van der Waals surface area (Å²) in [5.41, 5.74) is 0. The first-order valence-electron chi connectivity index (χ1n) is 5.13. The monoisotopic (exact) mass is 242 g/mol. The fourth-order valence-corrected chi connectivity index (χ4v) is 1.41. The number of carbonyl (C=O) groups is 1. The minimum atomic E-state index is -0.129. The average molecular weight is 243 g/mol. The zero-order valence-corrected chi connectivity index (χ0v) is 10.1. The Labute approximate surface area is 99.6 Å². The molecule has 0 aliphatic carbocycles. The Bertz CT molecular complexity index is 358. The fraction of sp³-hybridized carbons (Fsp3) is 0.500. The van der Waals surface area contributed by atoms with Gasteiger partial charge in [0, 0.05) is 18.7 Å². The molecule has 1 heterocycles. The summed E-state index contributed by atoms with van der Waals surface area (Å²) in [6.45, 7) is 4.78. The van der Waals surface area contributed by atoms with E-state index in [2.05, 4.69) is 20.6 Å². The average Bonchev–Trinajstić information content (AvgIpc) is 2.17. The first-order chi connectivity index (χ1) is 7.61. The van der Waals surface area contributed by atoms with E-state index in [0.717, 1.165) is 6.54 Å². The molecule has 0 saturated heterocycles. The highest BCUT2D eigenvalue weighted by molar-refractivity contribution is 6.29. The summed E-state index contributed by atoms with van der Waals surface area (Å²) in [6.07, 6.45) is 1.88. The summed E-state index contributed by atoms with van der Waals surface area (Å²) >= 11 is 5.67. The molecule has 16 heavy (non-hydrogen) atoms. The van der Waals surface area contributed by atoms with Crippen molar-refractivity contribution >= 4 is 23.5 Å². The maximum atomic E-state index is 11.5. The summed E-state index contributed by atoms with van der Waals surface area (Å²) in [5.74, 6) is 0.108. The molecule has 5 nitrogen and oxygen atoms in total. The van der Waals surface area contributed by atoms with Gasteiger partial charge in [-0.05, 0) is 19.5 Å². The number of aromatic nitrogens is 2. The van der Waals surface area contributed by atoms with Crippen LogP contribution in [0.2, 0.25) is 5.15 Å². The maximum absolute atomic E-state index is 11.5. The molecule has 6 heteroatoms. The molecular weight excluding hydrogens is 228 g/mol. The van der Waals surface area contributed by atoms with E-state index in [0.29, 0.717) is 11.6 Å². The van der Waals surface area contributed by atoms with Crippen LogP contribution in [-0.4, -0.2) is 28.5 Å². The van der Waals surface area contributed by atoms with Crippen molar-refractivity contribution in [1.82, 2.24) is 15.3 Å². The van der Waals surface area contributed by atoms with E-state index in [-0.39, 0.29) is 17.9 Å². The molecule has 0 radical (unpaired) electrons. The lowest BCUT2D eigenvalue weighted by Gasteiger charge is -2.11. The second-order valence-corrected chi connectivity index (χ2v) is 3.80. The van der Waals surface area contributed by atoms with Gasteiger partial charge >= 0.3 is 0 Å². The summed E-state index contributed by atoms with van der Waals surface area (Å²) < 4.78 is 0. The number of anilines is 1. The van der Waals surface area contributed by atoms with Crippen LogP contribution < -0.4 is 10.6 Å². The minimum absolute atomic E-state index is 0.129. The third kappa shape index (κ3) is 4.55. The lowest BCUT2D eigenvalue weighted by atomic mass is 10.2. The number of hydrogen-bond donors (Lipinski definition) is 2. The first-order valence-corrected chi connectivity index (χ1v) is 5.51. The van der Waals surface area contributed by atoms with Crippen LogP contribution in [0, 0.1) is 0 Å². The van der Waals surface area contributed by atoms with Gasteiger partial charge in [-0.25, -0.2) is 9.97 Å². The van der Waals surface area contributed by atoms with Crippen LogP contribution in [0.4, 0.5) is 5.95 Å². The Morgan fingerprint density at radius 1 is 1.62 bits per heavy atom. The number of nitrogens with zero attached hydrogens (tertiary/aromatic N) is 2. The zero-order chi connectivity index (χ0) is 12.0. The van der Waals surface area contributed by atoms with E-state index in [9.17, 15) is 4.79 Å². The third-order valence-electron chi connectivity index (χ3n) is 1.92. The highest BCUT2D eigenvalue weighted by Crippen LogP contribution is 2.06. The molecule has 0 spiro atoms. The molecule has 1 unspecified atom stereocenters. The number of rotatable bonds is 5. The van der Waals surface area contributed by atoms with Crippen molar-refractivity contribution < 1.29 is 4.79 Å². The Kier molecular flexibility index (Phi) is 5.14. The summed E-state index contributed by atoms with van der Waals surface area (Å²) in [5, 5.41) is 6.04. The first kappa shape index (κ1) is 12.9. The lowest BCUT2D eigenvalue weighted by Crippen LogP contribution is -2.30. The van der Waals surface area contributed by atoms with Crippen LogP contribution >= 0.6 is 11.6 Å². The fourth-order valence-electron chi connectivity index (χ4n) is 1.27. The van der Waals surface area contributed by atoms with Crippen LogP contribution in [0.3, 0.4) is 0 Å². The van der Waals surface area contributed by atoms with Crippen molar-refractivity contribution in [2.24, 2.45) is 0 Å². The number of amides is 1. The predicted molar refractivity (Wildman–Crippen MR) is 63.4 cm³/mol. The molecule has 1 aromatic rings. The molecule has 0 aliphatic heterocycles. The molecule has 0 aromatic carbocycles. The highest BCUT2D eigenvalue weighted by atomic mass is 35.5. The Hall–Kier alpha value is -1.20. The summed E-state index contributed by atoms with van der Waals surface area (Å²) in [6, 6.07) is 1.68. The van der Waals surface area contributed by atoms with E-state index in [4.69, 9.17) is 11.6 Å². The molecule has 1 aromatic heterocycles. The maximum Gasteiger partial charge on any atom is 0.230 e. The number of halogens is 1. The number of nitrogens with one attached hydrogen (secondary N) is 2. The van der Waals surface area contributed by atoms with Crippen molar-refractivity contribution in [3.05, 3.63) is 17.4 Å². The normalized spacial score (nSPS) is 12.2. The topological polar surface area (TPSA) is 66.9 Å². The molecule has 0 aliphatic rings. The van der Waals surface area contributed by atoms with Gasteiger partial charge in [-0.3, -0.25) is 10.1 Å². The predicted octanol–water partition coefficient (Wildman–Crippen LogP) is 1.46. The van der Waals surface area contributed by atoms with Crippen LogP contribution in [0.1, 0.15) is 20.3 Å². The zero-order valence-electron chi connectivity index (χ0n) is 9.33. The second kappa shape index (κ2) is 6.40. The van der Waals surface area contributed by atoms with Crippen LogP contribution in [0.25, 0.3) is 0 Å². The van der Waals surface area contributed by atoms with Gasteiger partial charge in [0.25, 0.3) is 0 Å². The summed E-state index contributed by atoms with van der Waals surface area (Å²) in [4.78, 5) is 19.3. The van der Waals surface area contributed by atoms with Crippen molar-refractivity contribution in [3.8, 4) is 0 Å². The largest absolute Gasteiger partial charge is 0.314 e. The quantitative estimate of drug-likeness (QED) is 0.767. The van der Waals surface area contributed by atoms with Gasteiger partial charge in [0.05, 0.1) is 0 Å². The van der Waals surface area contributed by atoms with E-state index in [1.807, 2.05) is 13.8 Å². The Morgan fingerprint density at radius 3 is 3.00 bits per heavy atom.